The highest BCUT2D eigenvalue weighted by Crippen LogP contribution is 2.46. The monoisotopic (exact) mass is 250 g/mol. The fraction of sp³-hybridized carbons (Fsp3) is 0.273. The van der Waals surface area contributed by atoms with E-state index in [1.807, 2.05) is 0 Å². The standard InChI is InChI=1S/C9H6F4O2.C2H4/c1-5-2-3-6-7(4-5)15-9(12,13)8(10,11)14-6;1-2/h2-4H,1H3;1-2H2. The van der Waals surface area contributed by atoms with E-state index in [0.29, 0.717) is 5.56 Å². The van der Waals surface area contributed by atoms with Crippen LogP contribution < -0.4 is 9.47 Å². The predicted molar refractivity (Wildman–Crippen MR) is 53.6 cm³/mol. The molecule has 1 aliphatic rings. The van der Waals surface area contributed by atoms with Crippen molar-refractivity contribution >= 4 is 0 Å². The van der Waals surface area contributed by atoms with E-state index >= 15 is 0 Å². The Morgan fingerprint density at radius 1 is 0.941 bits per heavy atom. The Balaban J connectivity index is 0.000000686. The number of benzene rings is 1. The molecule has 0 saturated carbocycles. The summed E-state index contributed by atoms with van der Waals surface area (Å²) in [7, 11) is 0. The molecule has 2 rings (SSSR count). The van der Waals surface area contributed by atoms with Gasteiger partial charge in [0.15, 0.2) is 11.5 Å². The van der Waals surface area contributed by atoms with Gasteiger partial charge in [-0.2, -0.15) is 17.6 Å². The van der Waals surface area contributed by atoms with Crippen molar-refractivity contribution in [2.75, 3.05) is 0 Å². The lowest BCUT2D eigenvalue weighted by Crippen LogP contribution is -2.52. The fourth-order valence-electron chi connectivity index (χ4n) is 1.17. The van der Waals surface area contributed by atoms with Crippen LogP contribution in [0.2, 0.25) is 0 Å². The van der Waals surface area contributed by atoms with Gasteiger partial charge < -0.3 is 9.47 Å². The molecule has 0 N–H and O–H groups in total. The molecule has 0 aromatic heterocycles. The van der Waals surface area contributed by atoms with Crippen LogP contribution in [0.5, 0.6) is 11.5 Å². The van der Waals surface area contributed by atoms with Crippen molar-refractivity contribution in [3.63, 3.8) is 0 Å². The van der Waals surface area contributed by atoms with E-state index in [4.69, 9.17) is 0 Å². The van der Waals surface area contributed by atoms with Crippen LogP contribution in [0.15, 0.2) is 31.4 Å². The Labute approximate surface area is 95.5 Å². The van der Waals surface area contributed by atoms with Crippen molar-refractivity contribution in [1.29, 1.82) is 0 Å². The molecule has 0 atom stereocenters. The first-order chi connectivity index (χ1) is 7.82. The van der Waals surface area contributed by atoms with Crippen molar-refractivity contribution in [2.24, 2.45) is 0 Å². The largest absolute Gasteiger partial charge is 0.507 e. The maximum atomic E-state index is 12.7. The highest BCUT2D eigenvalue weighted by Gasteiger charge is 2.65. The number of alkyl halides is 4. The van der Waals surface area contributed by atoms with Gasteiger partial charge in [0.25, 0.3) is 0 Å². The zero-order valence-electron chi connectivity index (χ0n) is 8.97. The van der Waals surface area contributed by atoms with E-state index in [2.05, 4.69) is 22.6 Å². The molecule has 1 aromatic rings. The molecule has 1 aromatic carbocycles. The molecule has 94 valence electrons. The third-order valence-corrected chi connectivity index (χ3v) is 1.91. The van der Waals surface area contributed by atoms with E-state index in [1.165, 1.54) is 12.1 Å². The Bertz CT molecular complexity index is 418. The van der Waals surface area contributed by atoms with E-state index in [1.54, 1.807) is 6.92 Å². The molecule has 6 heteroatoms. The van der Waals surface area contributed by atoms with Crippen molar-refractivity contribution in [2.45, 2.75) is 19.1 Å². The Hall–Kier alpha value is -1.72. The van der Waals surface area contributed by atoms with Crippen LogP contribution in [0.4, 0.5) is 17.6 Å². The van der Waals surface area contributed by atoms with Gasteiger partial charge in [-0.1, -0.05) is 6.07 Å². The number of aryl methyl sites for hydroxylation is 1. The number of fused-ring (bicyclic) bond motifs is 1. The first-order valence-electron chi connectivity index (χ1n) is 4.56. The van der Waals surface area contributed by atoms with Crippen LogP contribution in [-0.2, 0) is 0 Å². The normalized spacial score (nSPS) is 18.9. The van der Waals surface area contributed by atoms with Gasteiger partial charge in [-0.3, -0.25) is 0 Å². The SMILES string of the molecule is C=C.Cc1ccc2c(c1)OC(F)(F)C(F)(F)O2. The second-order valence-electron chi connectivity index (χ2n) is 3.19. The Kier molecular flexibility index (Phi) is 3.35. The minimum atomic E-state index is -4.65. The quantitative estimate of drug-likeness (QED) is 0.515. The van der Waals surface area contributed by atoms with Crippen molar-refractivity contribution in [3.05, 3.63) is 36.9 Å². The van der Waals surface area contributed by atoms with Gasteiger partial charge in [0.1, 0.15) is 0 Å². The third kappa shape index (κ3) is 2.35. The highest BCUT2D eigenvalue weighted by molar-refractivity contribution is 5.44. The van der Waals surface area contributed by atoms with E-state index in [-0.39, 0.29) is 5.75 Å². The van der Waals surface area contributed by atoms with Crippen LogP contribution in [0.25, 0.3) is 0 Å². The molecular weight excluding hydrogens is 240 g/mol. The Morgan fingerprint density at radius 3 is 1.94 bits per heavy atom. The zero-order valence-corrected chi connectivity index (χ0v) is 8.97. The first-order valence-corrected chi connectivity index (χ1v) is 4.56. The van der Waals surface area contributed by atoms with Crippen LogP contribution in [0, 0.1) is 6.92 Å². The minimum Gasteiger partial charge on any atom is -0.421 e. The predicted octanol–water partition coefficient (Wildman–Crippen LogP) is 3.75. The molecule has 1 heterocycles. The number of hydrogen-bond acceptors (Lipinski definition) is 2. The topological polar surface area (TPSA) is 18.5 Å². The summed E-state index contributed by atoms with van der Waals surface area (Å²) in [5.41, 5.74) is 0.610. The molecule has 0 bridgehead atoms. The van der Waals surface area contributed by atoms with Gasteiger partial charge in [0, 0.05) is 0 Å². The summed E-state index contributed by atoms with van der Waals surface area (Å²) in [6, 6.07) is 3.83. The number of ether oxygens (including phenoxy) is 2. The molecule has 0 fully saturated rings. The van der Waals surface area contributed by atoms with E-state index in [0.717, 1.165) is 6.07 Å². The second kappa shape index (κ2) is 4.27. The van der Waals surface area contributed by atoms with Gasteiger partial charge in [-0.05, 0) is 24.6 Å². The average molecular weight is 250 g/mol. The fourth-order valence-corrected chi connectivity index (χ4v) is 1.17. The molecular formula is C11H10F4O2. The summed E-state index contributed by atoms with van der Waals surface area (Å²) >= 11 is 0. The lowest BCUT2D eigenvalue weighted by molar-refractivity contribution is -0.391. The summed E-state index contributed by atoms with van der Waals surface area (Å²) in [5, 5.41) is 0. The van der Waals surface area contributed by atoms with Gasteiger partial charge in [-0.25, -0.2) is 0 Å². The molecule has 1 aliphatic heterocycles. The molecule has 0 amide bonds. The molecule has 17 heavy (non-hydrogen) atoms. The van der Waals surface area contributed by atoms with E-state index in [9.17, 15) is 17.6 Å². The third-order valence-electron chi connectivity index (χ3n) is 1.91. The summed E-state index contributed by atoms with van der Waals surface area (Å²) in [5.74, 6) is -0.776. The summed E-state index contributed by atoms with van der Waals surface area (Å²) in [6.45, 7) is 7.62. The van der Waals surface area contributed by atoms with Crippen LogP contribution in [0.3, 0.4) is 0 Å². The van der Waals surface area contributed by atoms with Crippen molar-refractivity contribution in [1.82, 2.24) is 0 Å². The Morgan fingerprint density at radius 2 is 1.41 bits per heavy atom. The molecule has 0 radical (unpaired) electrons. The van der Waals surface area contributed by atoms with Crippen LogP contribution in [-0.4, -0.2) is 12.2 Å². The summed E-state index contributed by atoms with van der Waals surface area (Å²) < 4.78 is 58.5. The maximum Gasteiger partial charge on any atom is 0.507 e. The average Bonchev–Trinajstić information content (AvgIpc) is 2.23. The number of rotatable bonds is 0. The zero-order chi connectivity index (χ0) is 13.3. The number of halogens is 4. The van der Waals surface area contributed by atoms with Gasteiger partial charge in [0.2, 0.25) is 0 Å². The van der Waals surface area contributed by atoms with Gasteiger partial charge >= 0.3 is 12.2 Å². The van der Waals surface area contributed by atoms with Crippen molar-refractivity contribution in [3.8, 4) is 11.5 Å². The number of hydrogen-bond donors (Lipinski definition) is 0. The highest BCUT2D eigenvalue weighted by atomic mass is 19.3. The van der Waals surface area contributed by atoms with Crippen molar-refractivity contribution < 1.29 is 27.0 Å². The van der Waals surface area contributed by atoms with Crippen LogP contribution in [0.1, 0.15) is 5.56 Å². The van der Waals surface area contributed by atoms with Gasteiger partial charge in [0.05, 0.1) is 0 Å². The molecule has 0 spiro atoms. The molecule has 0 aliphatic carbocycles. The van der Waals surface area contributed by atoms with Crippen LogP contribution >= 0.6 is 0 Å². The molecule has 0 saturated heterocycles. The second-order valence-corrected chi connectivity index (χ2v) is 3.19. The molecule has 2 nitrogen and oxygen atoms in total. The summed E-state index contributed by atoms with van der Waals surface area (Å²) in [6.07, 6.45) is -9.29. The van der Waals surface area contributed by atoms with Gasteiger partial charge in [-0.15, -0.1) is 13.2 Å². The maximum absolute atomic E-state index is 12.7. The van der Waals surface area contributed by atoms with E-state index < -0.39 is 18.0 Å². The minimum absolute atomic E-state index is 0.383. The smallest absolute Gasteiger partial charge is 0.421 e. The summed E-state index contributed by atoms with van der Waals surface area (Å²) in [4.78, 5) is 0. The molecule has 0 unspecified atom stereocenters. The first kappa shape index (κ1) is 13.3. The lowest BCUT2D eigenvalue weighted by atomic mass is 10.2. The lowest BCUT2D eigenvalue weighted by Gasteiger charge is -2.31.